The summed E-state index contributed by atoms with van der Waals surface area (Å²) in [6.45, 7) is 1.75. The molecule has 1 unspecified atom stereocenters. The number of aliphatic carboxylic acids is 2. The maximum absolute atomic E-state index is 13.0. The molecule has 5 N–H and O–H groups in total. The number of ether oxygens (including phenoxy) is 1. The summed E-state index contributed by atoms with van der Waals surface area (Å²) in [5, 5.41) is 40.2. The van der Waals surface area contributed by atoms with Gasteiger partial charge in [-0.1, -0.05) is 17.7 Å². The van der Waals surface area contributed by atoms with E-state index in [4.69, 9.17) is 26.6 Å². The minimum absolute atomic E-state index is 0. The van der Waals surface area contributed by atoms with Gasteiger partial charge in [0.2, 0.25) is 0 Å². The van der Waals surface area contributed by atoms with Crippen LogP contribution < -0.4 is 28.9 Å². The number of halogens is 1. The number of aromatic hydroxyl groups is 2. The summed E-state index contributed by atoms with van der Waals surface area (Å²) in [6, 6.07) is 15.4. The number of aromatic nitrogens is 1. The molecule has 1 atom stereocenters. The largest absolute Gasteiger partial charge is 1.00 e. The van der Waals surface area contributed by atoms with E-state index in [-0.39, 0.29) is 50.5 Å². The van der Waals surface area contributed by atoms with Gasteiger partial charge >= 0.3 is 30.8 Å². The van der Waals surface area contributed by atoms with Gasteiger partial charge in [-0.05, 0) is 86.1 Å². The second kappa shape index (κ2) is 14.6. The summed E-state index contributed by atoms with van der Waals surface area (Å²) in [5.74, 6) is -1.99. The molecule has 12 heteroatoms. The maximum atomic E-state index is 13.0. The molecule has 0 amide bonds. The van der Waals surface area contributed by atoms with Crippen molar-refractivity contribution in [2.24, 2.45) is 0 Å². The van der Waals surface area contributed by atoms with E-state index in [1.807, 2.05) is 0 Å². The third-order valence-corrected chi connectivity index (χ3v) is 6.54. The van der Waals surface area contributed by atoms with E-state index in [2.05, 4.69) is 5.32 Å². The van der Waals surface area contributed by atoms with Crippen LogP contribution in [0.25, 0.3) is 10.9 Å². The summed E-state index contributed by atoms with van der Waals surface area (Å²) < 4.78 is 6.77. The van der Waals surface area contributed by atoms with Crippen LogP contribution in [-0.4, -0.2) is 63.0 Å². The number of fused-ring (bicyclic) bond motifs is 1. The van der Waals surface area contributed by atoms with Gasteiger partial charge in [0, 0.05) is 21.7 Å². The SMILES string of the molecule is CNC(Cc1ccc(O)c(O)c1)C(=O)O.COc1ccc2c(c1)c(CC(=O)O)c(C)n2C(=O)c1ccc(Cl)cc1.[H-].[Li+]. The fourth-order valence-corrected chi connectivity index (χ4v) is 4.32. The number of carboxylic acid groups (broad SMARTS) is 2. The van der Waals surface area contributed by atoms with E-state index in [0.717, 1.165) is 0 Å². The number of methoxy groups -OCH3 is 1. The summed E-state index contributed by atoms with van der Waals surface area (Å²) in [4.78, 5) is 35.0. The first-order valence-corrected chi connectivity index (χ1v) is 12.5. The summed E-state index contributed by atoms with van der Waals surface area (Å²) in [6.07, 6.45) is 0.0794. The van der Waals surface area contributed by atoms with Gasteiger partial charge in [0.15, 0.2) is 11.5 Å². The Balaban J connectivity index is 0.000000450. The summed E-state index contributed by atoms with van der Waals surface area (Å²) in [7, 11) is 3.10. The molecular formula is C29H30ClLiN2O8. The van der Waals surface area contributed by atoms with E-state index in [1.54, 1.807) is 69.6 Å². The van der Waals surface area contributed by atoms with Crippen LogP contribution in [0, 0.1) is 6.92 Å². The molecule has 0 spiro atoms. The predicted octanol–water partition coefficient (Wildman–Crippen LogP) is 1.36. The van der Waals surface area contributed by atoms with Crippen molar-refractivity contribution in [2.45, 2.75) is 25.8 Å². The van der Waals surface area contributed by atoms with E-state index >= 15 is 0 Å². The molecule has 0 fully saturated rings. The molecule has 0 radical (unpaired) electrons. The van der Waals surface area contributed by atoms with Gasteiger partial charge < -0.3 is 31.9 Å². The van der Waals surface area contributed by atoms with Crippen molar-refractivity contribution in [3.8, 4) is 17.2 Å². The van der Waals surface area contributed by atoms with E-state index in [0.29, 0.717) is 44.1 Å². The molecule has 0 aliphatic carbocycles. The number of carbonyl (C=O) groups excluding carboxylic acids is 1. The van der Waals surface area contributed by atoms with Crippen LogP contribution in [0.15, 0.2) is 60.7 Å². The van der Waals surface area contributed by atoms with Gasteiger partial charge in [-0.3, -0.25) is 19.0 Å². The van der Waals surface area contributed by atoms with Crippen LogP contribution in [0.2, 0.25) is 5.02 Å². The third kappa shape index (κ3) is 8.05. The van der Waals surface area contributed by atoms with Gasteiger partial charge in [0.05, 0.1) is 19.0 Å². The Labute approximate surface area is 254 Å². The maximum Gasteiger partial charge on any atom is 1.00 e. The van der Waals surface area contributed by atoms with Crippen molar-refractivity contribution in [1.29, 1.82) is 0 Å². The zero-order valence-electron chi connectivity index (χ0n) is 24.0. The van der Waals surface area contributed by atoms with Crippen molar-refractivity contribution in [3.63, 3.8) is 0 Å². The van der Waals surface area contributed by atoms with Crippen LogP contribution in [0.5, 0.6) is 17.2 Å². The number of hydrogen-bond donors (Lipinski definition) is 5. The number of likely N-dealkylation sites (N-methyl/N-ethyl adjacent to an activating group) is 1. The van der Waals surface area contributed by atoms with Gasteiger partial charge in [0.1, 0.15) is 11.8 Å². The zero-order valence-corrected chi connectivity index (χ0v) is 23.8. The van der Waals surface area contributed by atoms with Gasteiger partial charge in [-0.2, -0.15) is 0 Å². The molecule has 4 rings (SSSR count). The van der Waals surface area contributed by atoms with Gasteiger partial charge in [-0.15, -0.1) is 0 Å². The molecule has 1 aromatic heterocycles. The molecular weight excluding hydrogens is 547 g/mol. The number of rotatable bonds is 8. The minimum Gasteiger partial charge on any atom is -1.00 e. The first-order valence-electron chi connectivity index (χ1n) is 12.1. The minimum atomic E-state index is -0.955. The Bertz CT molecular complexity index is 1560. The number of benzene rings is 3. The van der Waals surface area contributed by atoms with Crippen LogP contribution in [0.4, 0.5) is 0 Å². The van der Waals surface area contributed by atoms with Crippen LogP contribution >= 0.6 is 11.6 Å². The number of phenols is 2. The fourth-order valence-electron chi connectivity index (χ4n) is 4.19. The van der Waals surface area contributed by atoms with Crippen molar-refractivity contribution >= 4 is 40.3 Å². The van der Waals surface area contributed by atoms with Crippen LogP contribution in [-0.2, 0) is 22.4 Å². The molecule has 212 valence electrons. The first-order chi connectivity index (χ1) is 19.0. The summed E-state index contributed by atoms with van der Waals surface area (Å²) in [5.41, 5.74) is 2.97. The smallest absolute Gasteiger partial charge is 1.00 e. The number of nitrogens with one attached hydrogen (secondary N) is 1. The van der Waals surface area contributed by atoms with Crippen molar-refractivity contribution in [3.05, 3.63) is 88.1 Å². The molecule has 0 bridgehead atoms. The average molecular weight is 577 g/mol. The third-order valence-electron chi connectivity index (χ3n) is 6.29. The number of nitrogens with zero attached hydrogens (tertiary/aromatic N) is 1. The molecule has 0 aliphatic heterocycles. The van der Waals surface area contributed by atoms with E-state index in [1.165, 1.54) is 16.7 Å². The standard InChI is InChI=1S/C19H16ClNO4.C10H13NO4.Li.H/c1-11-15(10-18(22)23)16-9-14(25-2)7-8-17(16)21(11)19(24)12-3-5-13(20)6-4-12;1-11-7(10(14)15)4-6-2-3-8(12)9(13)5-6;;/h3-9H,10H2,1-2H3,(H,22,23);2-3,5,7,11-13H,4H2,1H3,(H,14,15);;/q;;+1;-1. The van der Waals surface area contributed by atoms with Crippen molar-refractivity contribution in [2.75, 3.05) is 14.2 Å². The summed E-state index contributed by atoms with van der Waals surface area (Å²) >= 11 is 5.89. The van der Waals surface area contributed by atoms with Gasteiger partial charge in [0.25, 0.3) is 5.91 Å². The number of hydrogen-bond acceptors (Lipinski definition) is 7. The number of phenolic OH excluding ortho intramolecular Hbond substituents is 2. The zero-order chi connectivity index (χ0) is 29.6. The topological polar surface area (TPSA) is 158 Å². The van der Waals surface area contributed by atoms with Crippen LogP contribution in [0.1, 0.15) is 28.6 Å². The normalized spacial score (nSPS) is 11.1. The molecule has 4 aromatic rings. The van der Waals surface area contributed by atoms with Crippen molar-refractivity contribution in [1.82, 2.24) is 9.88 Å². The van der Waals surface area contributed by atoms with Crippen molar-refractivity contribution < 1.29 is 59.8 Å². The Morgan fingerprint density at radius 2 is 1.66 bits per heavy atom. The number of carbonyl (C=O) groups is 3. The second-order valence-corrected chi connectivity index (χ2v) is 9.31. The number of carboxylic acids is 2. The average Bonchev–Trinajstić information content (AvgIpc) is 3.19. The molecule has 0 saturated carbocycles. The van der Waals surface area contributed by atoms with E-state index in [9.17, 15) is 24.6 Å². The molecule has 3 aromatic carbocycles. The van der Waals surface area contributed by atoms with Gasteiger partial charge in [-0.25, -0.2) is 0 Å². The van der Waals surface area contributed by atoms with E-state index < -0.39 is 18.0 Å². The molecule has 10 nitrogen and oxygen atoms in total. The Morgan fingerprint density at radius 1 is 1.00 bits per heavy atom. The molecule has 0 aliphatic rings. The Kier molecular flexibility index (Phi) is 11.9. The van der Waals surface area contributed by atoms with Crippen LogP contribution in [0.3, 0.4) is 0 Å². The molecule has 0 saturated heterocycles. The Morgan fingerprint density at radius 3 is 2.20 bits per heavy atom. The first kappa shape index (κ1) is 33.3. The fraction of sp³-hybridized carbons (Fsp3) is 0.207. The quantitative estimate of drug-likeness (QED) is 0.154. The second-order valence-electron chi connectivity index (χ2n) is 8.87. The Hall–Kier alpha value is -3.94. The predicted molar refractivity (Wildman–Crippen MR) is 151 cm³/mol. The molecule has 1 heterocycles. The monoisotopic (exact) mass is 576 g/mol. The molecule has 41 heavy (non-hydrogen) atoms.